The third kappa shape index (κ3) is 2.42. The predicted octanol–water partition coefficient (Wildman–Crippen LogP) is 4.06. The molecule has 20 heavy (non-hydrogen) atoms. The normalized spacial score (nSPS) is 11.0. The van der Waals surface area contributed by atoms with Gasteiger partial charge in [0.2, 0.25) is 5.52 Å². The maximum atomic E-state index is 2.37. The Labute approximate surface area is 136 Å². The van der Waals surface area contributed by atoms with Gasteiger partial charge in [0.1, 0.15) is 11.7 Å². The molecule has 0 fully saturated rings. The first kappa shape index (κ1) is 13.8. The smallest absolute Gasteiger partial charge is 0.269 e. The summed E-state index contributed by atoms with van der Waals surface area (Å²) in [5, 5.41) is 1.30. The van der Waals surface area contributed by atoms with Crippen LogP contribution in [0.2, 0.25) is 0 Å². The number of halogens is 1. The van der Waals surface area contributed by atoms with E-state index in [0.29, 0.717) is 0 Å². The summed E-state index contributed by atoms with van der Waals surface area (Å²) in [4.78, 5) is 2.12. The molecule has 0 atom stereocenters. The van der Waals surface area contributed by atoms with Crippen molar-refractivity contribution in [1.82, 2.24) is 0 Å². The summed E-state index contributed by atoms with van der Waals surface area (Å²) in [6.45, 7) is 0. The molecule has 1 heterocycles. The number of thiazole rings is 1. The fourth-order valence-corrected chi connectivity index (χ4v) is 4.18. The lowest BCUT2D eigenvalue weighted by Gasteiger charge is -2.11. The van der Waals surface area contributed by atoms with E-state index in [9.17, 15) is 0 Å². The summed E-state index contributed by atoms with van der Waals surface area (Å²) >= 11 is 4.22. The summed E-state index contributed by atoms with van der Waals surface area (Å²) in [6, 6.07) is 15.3. The Morgan fingerprint density at radius 1 is 1.05 bits per heavy atom. The van der Waals surface area contributed by atoms with E-state index in [1.54, 1.807) is 0 Å². The molecule has 102 valence electrons. The monoisotopic (exact) mass is 395 g/mol. The summed E-state index contributed by atoms with van der Waals surface area (Å²) in [5.41, 5.74) is 3.79. The molecule has 3 rings (SSSR count). The Kier molecular flexibility index (Phi) is 3.69. The van der Waals surface area contributed by atoms with E-state index in [1.165, 1.54) is 30.0 Å². The van der Waals surface area contributed by atoms with Crippen molar-refractivity contribution in [3.05, 3.63) is 46.0 Å². The molecule has 0 spiro atoms. The highest BCUT2D eigenvalue weighted by Gasteiger charge is 2.18. The van der Waals surface area contributed by atoms with Crippen molar-refractivity contribution >= 4 is 49.8 Å². The van der Waals surface area contributed by atoms with Gasteiger partial charge in [-0.3, -0.25) is 0 Å². The average molecular weight is 395 g/mol. The van der Waals surface area contributed by atoms with Crippen molar-refractivity contribution in [1.29, 1.82) is 0 Å². The van der Waals surface area contributed by atoms with Gasteiger partial charge in [-0.15, -0.1) is 0 Å². The third-order valence-corrected chi connectivity index (χ3v) is 5.35. The number of aromatic nitrogens is 1. The zero-order chi connectivity index (χ0) is 14.3. The molecule has 2 aromatic carbocycles. The van der Waals surface area contributed by atoms with Gasteiger partial charge in [-0.25, -0.2) is 0 Å². The zero-order valence-corrected chi connectivity index (χ0v) is 14.7. The fraction of sp³-hybridized carbons (Fsp3) is 0.188. The molecule has 0 amide bonds. The van der Waals surface area contributed by atoms with Crippen LogP contribution in [0.3, 0.4) is 0 Å². The lowest BCUT2D eigenvalue weighted by molar-refractivity contribution is -0.629. The van der Waals surface area contributed by atoms with Crippen molar-refractivity contribution in [3.8, 4) is 10.6 Å². The minimum Gasteiger partial charge on any atom is -0.378 e. The average Bonchev–Trinajstić information content (AvgIpc) is 2.75. The third-order valence-electron chi connectivity index (χ3n) is 3.43. The van der Waals surface area contributed by atoms with Gasteiger partial charge < -0.3 is 4.90 Å². The van der Waals surface area contributed by atoms with Gasteiger partial charge in [0.05, 0.1) is 5.56 Å². The number of hydrogen-bond acceptors (Lipinski definition) is 2. The van der Waals surface area contributed by atoms with Crippen molar-refractivity contribution in [2.45, 2.75) is 0 Å². The summed E-state index contributed by atoms with van der Waals surface area (Å²) in [6.07, 6.45) is 0. The van der Waals surface area contributed by atoms with E-state index in [0.717, 1.165) is 0 Å². The van der Waals surface area contributed by atoms with Crippen molar-refractivity contribution < 1.29 is 4.57 Å². The standard InChI is InChI=1S/C16H16IN2S/c1-18(2)13-7-4-11(5-8-13)16-19(3)14-9-6-12(17)10-15(14)20-16/h4-10H,1-3H3/q+1. The Balaban J connectivity index is 2.11. The number of anilines is 1. The van der Waals surface area contributed by atoms with Gasteiger partial charge in [-0.1, -0.05) is 11.3 Å². The first-order valence-electron chi connectivity index (χ1n) is 6.42. The highest BCUT2D eigenvalue weighted by atomic mass is 127. The Morgan fingerprint density at radius 3 is 2.40 bits per heavy atom. The molecule has 0 aliphatic carbocycles. The molecule has 0 aliphatic rings. The zero-order valence-electron chi connectivity index (χ0n) is 11.7. The van der Waals surface area contributed by atoms with E-state index in [4.69, 9.17) is 0 Å². The Hall–Kier alpha value is -1.14. The van der Waals surface area contributed by atoms with E-state index >= 15 is 0 Å². The van der Waals surface area contributed by atoms with Crippen LogP contribution in [-0.4, -0.2) is 14.1 Å². The molecule has 0 saturated carbocycles. The van der Waals surface area contributed by atoms with Crippen LogP contribution in [0.15, 0.2) is 42.5 Å². The number of aryl methyl sites for hydroxylation is 1. The van der Waals surface area contributed by atoms with Crippen LogP contribution in [0.5, 0.6) is 0 Å². The van der Waals surface area contributed by atoms with Crippen LogP contribution >= 0.6 is 33.9 Å². The Bertz CT molecular complexity index is 760. The lowest BCUT2D eigenvalue weighted by Crippen LogP contribution is -2.28. The van der Waals surface area contributed by atoms with E-state index < -0.39 is 0 Å². The minimum absolute atomic E-state index is 1.23. The highest BCUT2D eigenvalue weighted by molar-refractivity contribution is 14.1. The maximum Gasteiger partial charge on any atom is 0.269 e. The molecular formula is C16H16IN2S+. The molecule has 0 N–H and O–H groups in total. The molecular weight excluding hydrogens is 379 g/mol. The number of benzene rings is 2. The fourth-order valence-electron chi connectivity index (χ4n) is 2.28. The van der Waals surface area contributed by atoms with Crippen LogP contribution < -0.4 is 9.47 Å². The number of nitrogens with zero attached hydrogens (tertiary/aromatic N) is 2. The molecule has 0 radical (unpaired) electrons. The predicted molar refractivity (Wildman–Crippen MR) is 95.5 cm³/mol. The van der Waals surface area contributed by atoms with Crippen LogP contribution in [-0.2, 0) is 7.05 Å². The topological polar surface area (TPSA) is 7.12 Å². The van der Waals surface area contributed by atoms with Gasteiger partial charge >= 0.3 is 0 Å². The second kappa shape index (κ2) is 5.33. The number of rotatable bonds is 2. The minimum atomic E-state index is 1.23. The van der Waals surface area contributed by atoms with Crippen molar-refractivity contribution in [3.63, 3.8) is 0 Å². The number of hydrogen-bond donors (Lipinski definition) is 0. The van der Waals surface area contributed by atoms with Crippen LogP contribution in [0.25, 0.3) is 20.8 Å². The lowest BCUT2D eigenvalue weighted by atomic mass is 10.2. The quantitative estimate of drug-likeness (QED) is 0.469. The number of fused-ring (bicyclic) bond motifs is 1. The molecule has 0 saturated heterocycles. The van der Waals surface area contributed by atoms with Gasteiger partial charge in [-0.05, 0) is 59.0 Å². The largest absolute Gasteiger partial charge is 0.378 e. The first-order chi connectivity index (χ1) is 9.56. The SMILES string of the molecule is CN(C)c1ccc(-c2sc3cc(I)ccc3[n+]2C)cc1. The Morgan fingerprint density at radius 2 is 1.75 bits per heavy atom. The maximum absolute atomic E-state index is 2.37. The molecule has 0 bridgehead atoms. The van der Waals surface area contributed by atoms with Crippen LogP contribution in [0, 0.1) is 3.57 Å². The van der Waals surface area contributed by atoms with Crippen molar-refractivity contribution in [2.75, 3.05) is 19.0 Å². The van der Waals surface area contributed by atoms with Gasteiger partial charge in [0.25, 0.3) is 5.01 Å². The first-order valence-corrected chi connectivity index (χ1v) is 8.31. The van der Waals surface area contributed by atoms with Gasteiger partial charge in [-0.2, -0.15) is 4.57 Å². The van der Waals surface area contributed by atoms with E-state index in [-0.39, 0.29) is 0 Å². The molecule has 3 aromatic rings. The second-order valence-electron chi connectivity index (χ2n) is 5.02. The van der Waals surface area contributed by atoms with E-state index in [2.05, 4.69) is 95.7 Å². The molecule has 0 unspecified atom stereocenters. The van der Waals surface area contributed by atoms with Gasteiger partial charge in [0, 0.05) is 29.4 Å². The summed E-state index contributed by atoms with van der Waals surface area (Å²) in [5.74, 6) is 0. The van der Waals surface area contributed by atoms with Crippen LogP contribution in [0.4, 0.5) is 5.69 Å². The highest BCUT2D eigenvalue weighted by Crippen LogP contribution is 2.30. The molecule has 2 nitrogen and oxygen atoms in total. The van der Waals surface area contributed by atoms with Gasteiger partial charge in [0.15, 0.2) is 0 Å². The molecule has 0 aliphatic heterocycles. The second-order valence-corrected chi connectivity index (χ2v) is 7.30. The van der Waals surface area contributed by atoms with Crippen molar-refractivity contribution in [2.24, 2.45) is 7.05 Å². The summed E-state index contributed by atoms with van der Waals surface area (Å²) < 4.78 is 4.90. The molecule has 4 heteroatoms. The summed E-state index contributed by atoms with van der Waals surface area (Å²) in [7, 11) is 6.27. The molecule has 1 aromatic heterocycles. The van der Waals surface area contributed by atoms with Crippen LogP contribution in [0.1, 0.15) is 0 Å². The van der Waals surface area contributed by atoms with E-state index in [1.807, 2.05) is 11.3 Å².